The molecule has 0 fully saturated rings. The van der Waals surface area contributed by atoms with Crippen molar-refractivity contribution in [2.24, 2.45) is 12.8 Å². The fourth-order valence-electron chi connectivity index (χ4n) is 1.68. The number of aryl methyl sites for hydroxylation is 2. The van der Waals surface area contributed by atoms with Crippen LogP contribution in [0, 0.1) is 6.92 Å². The van der Waals surface area contributed by atoms with Gasteiger partial charge in [-0.05, 0) is 25.5 Å². The standard InChI is InChI=1S/C13H18N4O/c1-4-11(14)12-6-5-10(8-15-12)18-13-7-9(2)16-17(13)3/h5-8,11H,4,14H2,1-3H3/t11-/m0/s1. The molecule has 0 radical (unpaired) electrons. The van der Waals surface area contributed by atoms with Gasteiger partial charge in [-0.15, -0.1) is 0 Å². The first kappa shape index (κ1) is 12.6. The van der Waals surface area contributed by atoms with Crippen LogP contribution < -0.4 is 10.5 Å². The molecule has 0 aliphatic carbocycles. The van der Waals surface area contributed by atoms with Crippen molar-refractivity contribution in [3.05, 3.63) is 35.8 Å². The Morgan fingerprint density at radius 2 is 2.22 bits per heavy atom. The molecule has 0 unspecified atom stereocenters. The Labute approximate surface area is 107 Å². The van der Waals surface area contributed by atoms with Gasteiger partial charge in [0.1, 0.15) is 5.75 Å². The Hall–Kier alpha value is -1.88. The first-order chi connectivity index (χ1) is 8.60. The Morgan fingerprint density at radius 3 is 2.72 bits per heavy atom. The fourth-order valence-corrected chi connectivity index (χ4v) is 1.68. The van der Waals surface area contributed by atoms with Gasteiger partial charge < -0.3 is 10.5 Å². The fraction of sp³-hybridized carbons (Fsp3) is 0.385. The largest absolute Gasteiger partial charge is 0.438 e. The van der Waals surface area contributed by atoms with E-state index in [9.17, 15) is 0 Å². The van der Waals surface area contributed by atoms with Gasteiger partial charge in [0, 0.05) is 19.2 Å². The van der Waals surface area contributed by atoms with Crippen LogP contribution >= 0.6 is 0 Å². The van der Waals surface area contributed by atoms with Gasteiger partial charge in [-0.25, -0.2) is 4.68 Å². The van der Waals surface area contributed by atoms with E-state index in [1.54, 1.807) is 10.9 Å². The normalized spacial score (nSPS) is 12.4. The third-order valence-electron chi connectivity index (χ3n) is 2.76. The molecular formula is C13H18N4O. The zero-order chi connectivity index (χ0) is 13.1. The maximum Gasteiger partial charge on any atom is 0.217 e. The van der Waals surface area contributed by atoms with Crippen molar-refractivity contribution in [1.29, 1.82) is 0 Å². The highest BCUT2D eigenvalue weighted by Gasteiger charge is 2.07. The van der Waals surface area contributed by atoms with Gasteiger partial charge in [-0.3, -0.25) is 4.98 Å². The highest BCUT2D eigenvalue weighted by Crippen LogP contribution is 2.22. The van der Waals surface area contributed by atoms with Crippen LogP contribution in [0.2, 0.25) is 0 Å². The summed E-state index contributed by atoms with van der Waals surface area (Å²) in [7, 11) is 1.84. The van der Waals surface area contributed by atoms with Crippen molar-refractivity contribution in [3.8, 4) is 11.6 Å². The van der Waals surface area contributed by atoms with E-state index in [-0.39, 0.29) is 6.04 Å². The molecule has 2 heterocycles. The summed E-state index contributed by atoms with van der Waals surface area (Å²) in [5, 5.41) is 4.22. The number of aromatic nitrogens is 3. The molecule has 0 amide bonds. The van der Waals surface area contributed by atoms with Crippen molar-refractivity contribution in [1.82, 2.24) is 14.8 Å². The second-order valence-corrected chi connectivity index (χ2v) is 4.28. The first-order valence-electron chi connectivity index (χ1n) is 6.00. The average Bonchev–Trinajstić information content (AvgIpc) is 2.68. The lowest BCUT2D eigenvalue weighted by Gasteiger charge is -2.09. The van der Waals surface area contributed by atoms with Crippen LogP contribution in [0.25, 0.3) is 0 Å². The average molecular weight is 246 g/mol. The topological polar surface area (TPSA) is 66.0 Å². The predicted octanol–water partition coefficient (Wildman–Crippen LogP) is 2.33. The van der Waals surface area contributed by atoms with Crippen LogP contribution in [-0.2, 0) is 7.05 Å². The number of ether oxygens (including phenoxy) is 1. The Balaban J connectivity index is 2.13. The summed E-state index contributed by atoms with van der Waals surface area (Å²) in [6.45, 7) is 3.96. The third-order valence-corrected chi connectivity index (χ3v) is 2.76. The van der Waals surface area contributed by atoms with Crippen LogP contribution in [0.3, 0.4) is 0 Å². The second kappa shape index (κ2) is 5.18. The lowest BCUT2D eigenvalue weighted by molar-refractivity contribution is 0.428. The van der Waals surface area contributed by atoms with Crippen LogP contribution in [0.1, 0.15) is 30.8 Å². The Morgan fingerprint density at radius 1 is 1.44 bits per heavy atom. The summed E-state index contributed by atoms with van der Waals surface area (Å²) in [5.74, 6) is 1.38. The van der Waals surface area contributed by atoms with E-state index in [0.29, 0.717) is 11.6 Å². The van der Waals surface area contributed by atoms with E-state index >= 15 is 0 Å². The van der Waals surface area contributed by atoms with Crippen molar-refractivity contribution < 1.29 is 4.74 Å². The molecule has 0 aliphatic rings. The van der Waals surface area contributed by atoms with E-state index in [4.69, 9.17) is 10.5 Å². The molecule has 2 N–H and O–H groups in total. The number of nitrogens with zero attached hydrogens (tertiary/aromatic N) is 3. The summed E-state index contributed by atoms with van der Waals surface area (Å²) in [4.78, 5) is 4.30. The van der Waals surface area contributed by atoms with Crippen molar-refractivity contribution in [2.75, 3.05) is 0 Å². The zero-order valence-corrected chi connectivity index (χ0v) is 10.9. The molecular weight excluding hydrogens is 228 g/mol. The molecule has 2 aromatic heterocycles. The molecule has 0 aliphatic heterocycles. The molecule has 0 spiro atoms. The molecule has 18 heavy (non-hydrogen) atoms. The smallest absolute Gasteiger partial charge is 0.217 e. The quantitative estimate of drug-likeness (QED) is 0.899. The van der Waals surface area contributed by atoms with Crippen molar-refractivity contribution >= 4 is 0 Å². The monoisotopic (exact) mass is 246 g/mol. The summed E-state index contributed by atoms with van der Waals surface area (Å²) >= 11 is 0. The Kier molecular flexibility index (Phi) is 3.62. The number of rotatable bonds is 4. The summed E-state index contributed by atoms with van der Waals surface area (Å²) in [6, 6.07) is 5.64. The number of pyridine rings is 1. The molecule has 2 aromatic rings. The predicted molar refractivity (Wildman–Crippen MR) is 69.5 cm³/mol. The molecule has 2 rings (SSSR count). The Bertz CT molecular complexity index is 518. The van der Waals surface area contributed by atoms with Gasteiger partial charge in [-0.2, -0.15) is 5.10 Å². The molecule has 5 heteroatoms. The summed E-state index contributed by atoms with van der Waals surface area (Å²) < 4.78 is 7.39. The minimum Gasteiger partial charge on any atom is -0.438 e. The lowest BCUT2D eigenvalue weighted by Crippen LogP contribution is -2.10. The summed E-state index contributed by atoms with van der Waals surface area (Å²) in [5.41, 5.74) is 7.71. The van der Waals surface area contributed by atoms with E-state index in [0.717, 1.165) is 17.8 Å². The van der Waals surface area contributed by atoms with E-state index in [1.807, 2.05) is 39.1 Å². The second-order valence-electron chi connectivity index (χ2n) is 4.28. The van der Waals surface area contributed by atoms with Gasteiger partial charge in [0.25, 0.3) is 0 Å². The molecule has 0 saturated heterocycles. The number of hydrogen-bond donors (Lipinski definition) is 1. The van der Waals surface area contributed by atoms with Crippen LogP contribution in [-0.4, -0.2) is 14.8 Å². The lowest BCUT2D eigenvalue weighted by atomic mass is 10.1. The SMILES string of the molecule is CC[C@H](N)c1ccc(Oc2cc(C)nn2C)cn1. The summed E-state index contributed by atoms with van der Waals surface area (Å²) in [6.07, 6.45) is 2.56. The van der Waals surface area contributed by atoms with Crippen LogP contribution in [0.4, 0.5) is 0 Å². The van der Waals surface area contributed by atoms with Gasteiger partial charge in [0.05, 0.1) is 17.6 Å². The first-order valence-corrected chi connectivity index (χ1v) is 6.00. The molecule has 0 aromatic carbocycles. The van der Waals surface area contributed by atoms with Gasteiger partial charge in [-0.1, -0.05) is 6.92 Å². The molecule has 96 valence electrons. The van der Waals surface area contributed by atoms with E-state index in [1.165, 1.54) is 0 Å². The minimum absolute atomic E-state index is 0.0157. The maximum atomic E-state index is 5.91. The van der Waals surface area contributed by atoms with Crippen molar-refractivity contribution in [2.45, 2.75) is 26.3 Å². The molecule has 5 nitrogen and oxygen atoms in total. The molecule has 0 saturated carbocycles. The highest BCUT2D eigenvalue weighted by molar-refractivity contribution is 5.27. The molecule has 0 bridgehead atoms. The third kappa shape index (κ3) is 2.68. The van der Waals surface area contributed by atoms with E-state index in [2.05, 4.69) is 10.1 Å². The van der Waals surface area contributed by atoms with Gasteiger partial charge >= 0.3 is 0 Å². The zero-order valence-electron chi connectivity index (χ0n) is 10.9. The number of hydrogen-bond acceptors (Lipinski definition) is 4. The van der Waals surface area contributed by atoms with Gasteiger partial charge in [0.15, 0.2) is 0 Å². The minimum atomic E-state index is -0.0157. The van der Waals surface area contributed by atoms with Crippen LogP contribution in [0.15, 0.2) is 24.4 Å². The maximum absolute atomic E-state index is 5.91. The van der Waals surface area contributed by atoms with E-state index < -0.39 is 0 Å². The van der Waals surface area contributed by atoms with Crippen LogP contribution in [0.5, 0.6) is 11.6 Å². The highest BCUT2D eigenvalue weighted by atomic mass is 16.5. The van der Waals surface area contributed by atoms with Gasteiger partial charge in [0.2, 0.25) is 5.88 Å². The number of nitrogens with two attached hydrogens (primary N) is 1. The van der Waals surface area contributed by atoms with Crippen molar-refractivity contribution in [3.63, 3.8) is 0 Å². The molecule has 1 atom stereocenters.